The Morgan fingerprint density at radius 3 is 3.10 bits per heavy atom. The standard InChI is InChI=1S/C10H13N7O4/c11-16-15-10-13-8-7(9(20)14-10)12-3-17(8)6-1-4(19)5(2-18)21-6/h3-6,18-19H,1-2H2,(H3,11,13,14,15,20)/t4?,5-,6-/m1/s1. The van der Waals surface area contributed by atoms with Gasteiger partial charge in [0.15, 0.2) is 11.2 Å². The van der Waals surface area contributed by atoms with Crippen LogP contribution in [0.5, 0.6) is 0 Å². The Morgan fingerprint density at radius 1 is 1.62 bits per heavy atom. The molecule has 0 aliphatic carbocycles. The number of aliphatic hydroxyl groups is 2. The molecular formula is C10H13N7O4. The largest absolute Gasteiger partial charge is 0.394 e. The minimum absolute atomic E-state index is 0.0611. The van der Waals surface area contributed by atoms with E-state index in [1.54, 1.807) is 0 Å². The Balaban J connectivity index is 2.06. The molecule has 11 heteroatoms. The Labute approximate surface area is 117 Å². The zero-order valence-corrected chi connectivity index (χ0v) is 10.7. The number of ether oxygens (including phenoxy) is 1. The van der Waals surface area contributed by atoms with Crippen LogP contribution < -0.4 is 11.4 Å². The van der Waals surface area contributed by atoms with E-state index in [9.17, 15) is 9.90 Å². The van der Waals surface area contributed by atoms with Crippen molar-refractivity contribution < 1.29 is 14.9 Å². The van der Waals surface area contributed by atoms with E-state index < -0.39 is 24.0 Å². The number of nitrogens with one attached hydrogen (secondary N) is 1. The fraction of sp³-hybridized carbons (Fsp3) is 0.500. The van der Waals surface area contributed by atoms with Crippen molar-refractivity contribution in [2.45, 2.75) is 24.9 Å². The van der Waals surface area contributed by atoms with Gasteiger partial charge in [0.25, 0.3) is 11.5 Å². The molecule has 0 spiro atoms. The first-order chi connectivity index (χ1) is 10.1. The van der Waals surface area contributed by atoms with Crippen LogP contribution in [-0.2, 0) is 4.74 Å². The maximum absolute atomic E-state index is 11.8. The van der Waals surface area contributed by atoms with E-state index in [-0.39, 0.29) is 30.1 Å². The molecule has 2 aromatic heterocycles. The fourth-order valence-electron chi connectivity index (χ4n) is 2.28. The second-order valence-corrected chi connectivity index (χ2v) is 4.54. The monoisotopic (exact) mass is 295 g/mol. The summed E-state index contributed by atoms with van der Waals surface area (Å²) >= 11 is 0. The lowest BCUT2D eigenvalue weighted by atomic mass is 10.2. The van der Waals surface area contributed by atoms with Crippen molar-refractivity contribution >= 4 is 17.1 Å². The van der Waals surface area contributed by atoms with Gasteiger partial charge in [0, 0.05) is 6.42 Å². The van der Waals surface area contributed by atoms with Crippen LogP contribution >= 0.6 is 0 Å². The van der Waals surface area contributed by atoms with Gasteiger partial charge in [-0.3, -0.25) is 14.3 Å². The summed E-state index contributed by atoms with van der Waals surface area (Å²) in [6.45, 7) is -0.301. The highest BCUT2D eigenvalue weighted by molar-refractivity contribution is 5.70. The summed E-state index contributed by atoms with van der Waals surface area (Å²) in [7, 11) is 0. The lowest BCUT2D eigenvalue weighted by molar-refractivity contribution is -0.0432. The molecule has 1 unspecified atom stereocenters. The lowest BCUT2D eigenvalue weighted by Crippen LogP contribution is -2.24. The predicted molar refractivity (Wildman–Crippen MR) is 68.5 cm³/mol. The van der Waals surface area contributed by atoms with E-state index >= 15 is 0 Å². The Hall–Kier alpha value is -2.37. The first kappa shape index (κ1) is 13.6. The third-order valence-corrected chi connectivity index (χ3v) is 3.27. The number of aromatic nitrogens is 4. The summed E-state index contributed by atoms with van der Waals surface area (Å²) in [6, 6.07) is 0. The van der Waals surface area contributed by atoms with E-state index in [1.807, 2.05) is 0 Å². The van der Waals surface area contributed by atoms with Crippen molar-refractivity contribution in [3.05, 3.63) is 16.7 Å². The molecule has 3 heterocycles. The smallest absolute Gasteiger partial charge is 0.280 e. The minimum atomic E-state index is -0.803. The molecule has 3 atom stereocenters. The number of aromatic amines is 1. The molecule has 21 heavy (non-hydrogen) atoms. The minimum Gasteiger partial charge on any atom is -0.394 e. The number of nitrogens with two attached hydrogens (primary N) is 1. The normalized spacial score (nSPS) is 26.1. The number of imidazole rings is 1. The molecule has 1 fully saturated rings. The molecule has 5 N–H and O–H groups in total. The average Bonchev–Trinajstić information content (AvgIpc) is 3.02. The molecule has 0 aromatic carbocycles. The van der Waals surface area contributed by atoms with Crippen LogP contribution in [0.2, 0.25) is 0 Å². The predicted octanol–water partition coefficient (Wildman–Crippen LogP) is -1.28. The quantitative estimate of drug-likeness (QED) is 0.311. The van der Waals surface area contributed by atoms with Crippen molar-refractivity contribution in [2.75, 3.05) is 6.61 Å². The SMILES string of the molecule is NN=Nc1nc2c(ncn2[C@H]2CC(O)[C@@H](CO)O2)c(=O)[nH]1. The molecule has 1 saturated heterocycles. The third-order valence-electron chi connectivity index (χ3n) is 3.27. The van der Waals surface area contributed by atoms with Crippen LogP contribution in [0.25, 0.3) is 11.2 Å². The molecule has 0 amide bonds. The molecule has 0 bridgehead atoms. The number of rotatable bonds is 3. The van der Waals surface area contributed by atoms with Crippen LogP contribution in [0.4, 0.5) is 5.95 Å². The number of aliphatic hydroxyl groups excluding tert-OH is 2. The van der Waals surface area contributed by atoms with Crippen molar-refractivity contribution in [1.29, 1.82) is 0 Å². The summed E-state index contributed by atoms with van der Waals surface area (Å²) in [4.78, 5) is 22.3. The van der Waals surface area contributed by atoms with Gasteiger partial charge in [-0.25, -0.2) is 4.98 Å². The summed E-state index contributed by atoms with van der Waals surface area (Å²) in [5.41, 5.74) is -0.146. The average molecular weight is 295 g/mol. The molecule has 3 rings (SSSR count). The number of hydrogen-bond acceptors (Lipinski definition) is 8. The number of hydrogen-bond donors (Lipinski definition) is 4. The van der Waals surface area contributed by atoms with Gasteiger partial charge in [-0.15, -0.1) is 0 Å². The molecule has 2 aromatic rings. The second-order valence-electron chi connectivity index (χ2n) is 4.54. The first-order valence-corrected chi connectivity index (χ1v) is 6.16. The highest BCUT2D eigenvalue weighted by atomic mass is 16.5. The third kappa shape index (κ3) is 2.26. The number of H-pyrrole nitrogens is 1. The van der Waals surface area contributed by atoms with E-state index in [0.717, 1.165) is 0 Å². The van der Waals surface area contributed by atoms with Crippen molar-refractivity contribution in [1.82, 2.24) is 19.5 Å². The van der Waals surface area contributed by atoms with Gasteiger partial charge in [-0.1, -0.05) is 10.3 Å². The van der Waals surface area contributed by atoms with Crippen molar-refractivity contribution in [3.63, 3.8) is 0 Å². The van der Waals surface area contributed by atoms with Gasteiger partial charge in [0.2, 0.25) is 0 Å². The summed E-state index contributed by atoms with van der Waals surface area (Å²) in [5.74, 6) is 4.87. The van der Waals surface area contributed by atoms with Crippen LogP contribution in [0.15, 0.2) is 21.5 Å². The van der Waals surface area contributed by atoms with Crippen molar-refractivity contribution in [3.8, 4) is 0 Å². The molecular weight excluding hydrogens is 282 g/mol. The maximum atomic E-state index is 11.8. The molecule has 11 nitrogen and oxygen atoms in total. The van der Waals surface area contributed by atoms with Crippen LogP contribution in [0, 0.1) is 0 Å². The zero-order chi connectivity index (χ0) is 15.0. The molecule has 0 radical (unpaired) electrons. The molecule has 1 aliphatic rings. The van der Waals surface area contributed by atoms with Gasteiger partial charge in [-0.05, 0) is 0 Å². The van der Waals surface area contributed by atoms with Gasteiger partial charge in [0.1, 0.15) is 12.3 Å². The molecule has 1 aliphatic heterocycles. The highest BCUT2D eigenvalue weighted by Crippen LogP contribution is 2.30. The van der Waals surface area contributed by atoms with Gasteiger partial charge >= 0.3 is 0 Å². The second kappa shape index (κ2) is 5.20. The van der Waals surface area contributed by atoms with Crippen molar-refractivity contribution in [2.24, 2.45) is 16.2 Å². The maximum Gasteiger partial charge on any atom is 0.280 e. The number of fused-ring (bicyclic) bond motifs is 1. The van der Waals surface area contributed by atoms with E-state index in [2.05, 4.69) is 25.3 Å². The topological polar surface area (TPSA) is 164 Å². The Kier molecular flexibility index (Phi) is 3.37. The Morgan fingerprint density at radius 2 is 2.43 bits per heavy atom. The highest BCUT2D eigenvalue weighted by Gasteiger charge is 2.35. The van der Waals surface area contributed by atoms with E-state index in [0.29, 0.717) is 0 Å². The molecule has 0 saturated carbocycles. The van der Waals surface area contributed by atoms with Crippen LogP contribution in [0.1, 0.15) is 12.6 Å². The summed E-state index contributed by atoms with van der Waals surface area (Å²) in [5, 5.41) is 25.4. The lowest BCUT2D eigenvalue weighted by Gasteiger charge is -2.13. The van der Waals surface area contributed by atoms with Crippen LogP contribution in [0.3, 0.4) is 0 Å². The van der Waals surface area contributed by atoms with Crippen LogP contribution in [-0.4, -0.2) is 48.5 Å². The fourth-order valence-corrected chi connectivity index (χ4v) is 2.28. The molecule has 112 valence electrons. The zero-order valence-electron chi connectivity index (χ0n) is 10.7. The van der Waals surface area contributed by atoms with Gasteiger partial charge < -0.3 is 20.8 Å². The number of nitrogens with zero attached hydrogens (tertiary/aromatic N) is 5. The summed E-state index contributed by atoms with van der Waals surface area (Å²) < 4.78 is 7.01. The van der Waals surface area contributed by atoms with Gasteiger partial charge in [0.05, 0.1) is 19.0 Å². The first-order valence-electron chi connectivity index (χ1n) is 6.16. The van der Waals surface area contributed by atoms with Gasteiger partial charge in [-0.2, -0.15) is 4.98 Å². The Bertz CT molecular complexity index is 739. The van der Waals surface area contributed by atoms with E-state index in [4.69, 9.17) is 15.7 Å². The summed E-state index contributed by atoms with van der Waals surface area (Å²) in [6.07, 6.45) is -0.439. The van der Waals surface area contributed by atoms with E-state index in [1.165, 1.54) is 10.9 Å².